The van der Waals surface area contributed by atoms with Gasteiger partial charge in [0.05, 0.1) is 6.10 Å². The highest BCUT2D eigenvalue weighted by molar-refractivity contribution is 6.30. The maximum Gasteiger partial charge on any atom is 0.305 e. The molecule has 2 unspecified atom stereocenters. The van der Waals surface area contributed by atoms with E-state index < -0.39 is 0 Å². The van der Waals surface area contributed by atoms with E-state index in [9.17, 15) is 9.59 Å². The summed E-state index contributed by atoms with van der Waals surface area (Å²) in [4.78, 5) is 21.5. The maximum absolute atomic E-state index is 11.0. The molecule has 2 rings (SSSR count). The van der Waals surface area contributed by atoms with Crippen molar-refractivity contribution < 1.29 is 19.1 Å². The molecule has 0 aromatic heterocycles. The van der Waals surface area contributed by atoms with Crippen LogP contribution in [0.25, 0.3) is 0 Å². The lowest BCUT2D eigenvalue weighted by Crippen LogP contribution is -2.16. The molecule has 39 heavy (non-hydrogen) atoms. The van der Waals surface area contributed by atoms with Crippen molar-refractivity contribution >= 4 is 23.5 Å². The molecule has 0 bridgehead atoms. The minimum absolute atomic E-state index is 0.0372. The summed E-state index contributed by atoms with van der Waals surface area (Å²) in [7, 11) is 0. The van der Waals surface area contributed by atoms with Gasteiger partial charge in [0.1, 0.15) is 6.10 Å². The Kier molecular flexibility index (Phi) is 29.4. The van der Waals surface area contributed by atoms with Crippen LogP contribution in [0.5, 0.6) is 0 Å². The second kappa shape index (κ2) is 28.2. The van der Waals surface area contributed by atoms with Crippen molar-refractivity contribution in [2.45, 2.75) is 107 Å². The quantitative estimate of drug-likeness (QED) is 0.238. The van der Waals surface area contributed by atoms with Gasteiger partial charge in [-0.25, -0.2) is 0 Å². The minimum Gasteiger partial charge on any atom is -0.463 e. The minimum atomic E-state index is -0.131. The van der Waals surface area contributed by atoms with Gasteiger partial charge in [0.15, 0.2) is 0 Å². The van der Waals surface area contributed by atoms with E-state index in [1.807, 2.05) is 122 Å². The molecule has 0 radical (unpaired) electrons. The van der Waals surface area contributed by atoms with Gasteiger partial charge in [-0.2, -0.15) is 0 Å². The zero-order chi connectivity index (χ0) is 30.6. The van der Waals surface area contributed by atoms with E-state index in [1.165, 1.54) is 11.1 Å². The molecule has 2 aromatic rings. The van der Waals surface area contributed by atoms with Gasteiger partial charge in [0, 0.05) is 24.3 Å². The van der Waals surface area contributed by atoms with Gasteiger partial charge in [-0.15, -0.1) is 0 Å². The number of benzene rings is 2. The number of esters is 2. The van der Waals surface area contributed by atoms with E-state index in [0.717, 1.165) is 23.4 Å². The fourth-order valence-corrected chi connectivity index (χ4v) is 2.63. The van der Waals surface area contributed by atoms with Crippen LogP contribution in [0.15, 0.2) is 78.9 Å². The number of hydrogen-bond acceptors (Lipinski definition) is 4. The highest BCUT2D eigenvalue weighted by atomic mass is 35.5. The number of rotatable bonds is 8. The number of carbonyl (C=O) groups is 2. The monoisotopic (exact) mass is 560 g/mol. The van der Waals surface area contributed by atoms with Gasteiger partial charge in [-0.1, -0.05) is 119 Å². The first-order chi connectivity index (χ1) is 18.5. The second-order valence-electron chi connectivity index (χ2n) is 8.55. The zero-order valence-corrected chi connectivity index (χ0v) is 26.8. The third-order valence-corrected chi connectivity index (χ3v) is 4.90. The third kappa shape index (κ3) is 29.6. The van der Waals surface area contributed by atoms with Crippen LogP contribution in [-0.4, -0.2) is 24.1 Å². The van der Waals surface area contributed by atoms with E-state index in [4.69, 9.17) is 21.1 Å². The Morgan fingerprint density at radius 1 is 0.872 bits per heavy atom. The molecule has 0 heterocycles. The first-order valence-corrected chi connectivity index (χ1v) is 14.3. The van der Waals surface area contributed by atoms with Crippen LogP contribution in [0.3, 0.4) is 0 Å². The van der Waals surface area contributed by atoms with E-state index in [-0.39, 0.29) is 24.1 Å². The molecule has 0 fully saturated rings. The Balaban J connectivity index is -0.000000455. The summed E-state index contributed by atoms with van der Waals surface area (Å²) in [5.41, 5.74) is 3.55. The van der Waals surface area contributed by atoms with Gasteiger partial charge in [-0.3, -0.25) is 9.59 Å². The number of allylic oxidation sites excluding steroid dienone is 3. The average molecular weight is 561 g/mol. The molecule has 0 N–H and O–H groups in total. The Bertz CT molecular complexity index is 868. The number of carbonyl (C=O) groups excluding carboxylic acids is 2. The molecule has 0 aliphatic carbocycles. The number of ether oxygens (including phenoxy) is 2. The van der Waals surface area contributed by atoms with E-state index >= 15 is 0 Å². The lowest BCUT2D eigenvalue weighted by molar-refractivity contribution is -0.148. The van der Waals surface area contributed by atoms with Crippen LogP contribution in [0.4, 0.5) is 0 Å². The molecule has 2 atom stereocenters. The Morgan fingerprint density at radius 2 is 1.33 bits per heavy atom. The van der Waals surface area contributed by atoms with Crippen molar-refractivity contribution in [3.05, 3.63) is 95.1 Å². The smallest absolute Gasteiger partial charge is 0.305 e. The molecule has 5 heteroatoms. The van der Waals surface area contributed by atoms with E-state index in [0.29, 0.717) is 12.8 Å². The van der Waals surface area contributed by atoms with Crippen LogP contribution in [0, 0.1) is 6.92 Å². The van der Waals surface area contributed by atoms with Crippen molar-refractivity contribution in [1.29, 1.82) is 0 Å². The zero-order valence-electron chi connectivity index (χ0n) is 26.1. The normalized spacial score (nSPS) is 10.8. The summed E-state index contributed by atoms with van der Waals surface area (Å²) in [5, 5.41) is 0.801. The first-order valence-electron chi connectivity index (χ1n) is 13.9. The van der Waals surface area contributed by atoms with E-state index in [1.54, 1.807) is 13.8 Å². The van der Waals surface area contributed by atoms with Crippen LogP contribution in [-0.2, 0) is 25.5 Å². The fraction of sp³-hybridized carbons (Fsp3) is 0.471. The predicted octanol–water partition coefficient (Wildman–Crippen LogP) is 10.1. The van der Waals surface area contributed by atoms with Gasteiger partial charge < -0.3 is 9.47 Å². The molecule has 0 aliphatic heterocycles. The first kappa shape index (κ1) is 40.6. The molecular formula is C34H53ClO4. The Labute approximate surface area is 244 Å². The third-order valence-electron chi connectivity index (χ3n) is 4.65. The standard InChI is InChI=1S/C12H16O2.C7H7Cl.C7H14O2.C6H10.C2H6/c1-3-12(13)14-10(2)9-11-7-5-4-6-8-11;1-6-2-4-7(8)5-3-6;1-4-6(3)9-7(8)5-2;1-4-5-6(2)3;1-2/h4-8,10H,3,9H2,1-2H3;2-5H,1H3;6H,4-5H2,1-3H3;4-5H,2H2,1,3H3;1-2H3/b;;;5-4-;. The molecule has 2 aromatic carbocycles. The van der Waals surface area contributed by atoms with Crippen molar-refractivity contribution in [2.24, 2.45) is 0 Å². The summed E-state index contributed by atoms with van der Waals surface area (Å²) >= 11 is 5.61. The lowest BCUT2D eigenvalue weighted by Gasteiger charge is -2.12. The van der Waals surface area contributed by atoms with Crippen molar-refractivity contribution in [3.8, 4) is 0 Å². The van der Waals surface area contributed by atoms with Gasteiger partial charge >= 0.3 is 11.9 Å². The average Bonchev–Trinajstić information content (AvgIpc) is 2.92. The van der Waals surface area contributed by atoms with Crippen LogP contribution in [0.2, 0.25) is 5.02 Å². The Hall–Kier alpha value is -2.85. The highest BCUT2D eigenvalue weighted by Gasteiger charge is 2.07. The molecule has 0 saturated heterocycles. The lowest BCUT2D eigenvalue weighted by atomic mass is 10.1. The topological polar surface area (TPSA) is 52.6 Å². The number of halogens is 1. The molecule has 220 valence electrons. The van der Waals surface area contributed by atoms with Crippen LogP contribution in [0.1, 0.15) is 92.7 Å². The van der Waals surface area contributed by atoms with Crippen LogP contribution < -0.4 is 0 Å². The van der Waals surface area contributed by atoms with Crippen molar-refractivity contribution in [3.63, 3.8) is 0 Å². The highest BCUT2D eigenvalue weighted by Crippen LogP contribution is 2.08. The molecule has 4 nitrogen and oxygen atoms in total. The van der Waals surface area contributed by atoms with Crippen molar-refractivity contribution in [2.75, 3.05) is 0 Å². The van der Waals surface area contributed by atoms with Gasteiger partial charge in [0.2, 0.25) is 0 Å². The summed E-state index contributed by atoms with van der Waals surface area (Å²) in [6.07, 6.45) is 6.59. The molecular weight excluding hydrogens is 508 g/mol. The van der Waals surface area contributed by atoms with E-state index in [2.05, 4.69) is 6.58 Å². The van der Waals surface area contributed by atoms with Gasteiger partial charge in [-0.05, 0) is 58.7 Å². The molecule has 0 amide bonds. The number of hydrogen-bond donors (Lipinski definition) is 0. The fourth-order valence-electron chi connectivity index (χ4n) is 2.50. The Morgan fingerprint density at radius 3 is 1.67 bits per heavy atom. The summed E-state index contributed by atoms with van der Waals surface area (Å²) < 4.78 is 10.1. The number of aryl methyl sites for hydroxylation is 1. The summed E-state index contributed by atoms with van der Waals surface area (Å²) in [5.74, 6) is -0.238. The molecule has 0 saturated carbocycles. The molecule has 0 spiro atoms. The van der Waals surface area contributed by atoms with Crippen LogP contribution >= 0.6 is 11.6 Å². The summed E-state index contributed by atoms with van der Waals surface area (Å²) in [6.45, 7) is 23.1. The predicted molar refractivity (Wildman–Crippen MR) is 169 cm³/mol. The van der Waals surface area contributed by atoms with Gasteiger partial charge in [0.25, 0.3) is 0 Å². The van der Waals surface area contributed by atoms with Crippen molar-refractivity contribution in [1.82, 2.24) is 0 Å². The second-order valence-corrected chi connectivity index (χ2v) is 8.98. The largest absolute Gasteiger partial charge is 0.463 e. The summed E-state index contributed by atoms with van der Waals surface area (Å²) in [6, 6.07) is 17.8. The maximum atomic E-state index is 11.0. The SMILES string of the molecule is C=C(C)/C=C\C.CC.CCC(=O)OC(C)CC.CCC(=O)OC(C)Cc1ccccc1.Cc1ccc(Cl)cc1. The molecule has 0 aliphatic rings.